The number of halogens is 1. The van der Waals surface area contributed by atoms with Crippen molar-refractivity contribution < 1.29 is 8.42 Å². The summed E-state index contributed by atoms with van der Waals surface area (Å²) in [5, 5.41) is 0. The second-order valence-electron chi connectivity index (χ2n) is 4.35. The highest BCUT2D eigenvalue weighted by atomic mass is 79.9. The van der Waals surface area contributed by atoms with Crippen molar-refractivity contribution in [3.05, 3.63) is 35.4 Å². The molecule has 1 fully saturated rings. The molecule has 0 saturated carbocycles. The second kappa shape index (κ2) is 5.08. The molecule has 1 aliphatic rings. The first-order valence-electron chi connectivity index (χ1n) is 5.67. The van der Waals surface area contributed by atoms with E-state index in [1.165, 1.54) is 0 Å². The van der Waals surface area contributed by atoms with Gasteiger partial charge in [-0.2, -0.15) is 4.31 Å². The largest absolute Gasteiger partial charge is 0.224 e. The van der Waals surface area contributed by atoms with Gasteiger partial charge in [-0.25, -0.2) is 8.42 Å². The van der Waals surface area contributed by atoms with E-state index in [-0.39, 0.29) is 10.7 Å². The van der Waals surface area contributed by atoms with Crippen molar-refractivity contribution in [2.45, 2.75) is 25.8 Å². The van der Waals surface area contributed by atoms with Crippen LogP contribution in [0.2, 0.25) is 0 Å². The fraction of sp³-hybridized carbons (Fsp3) is 0.500. The average Bonchev–Trinajstić information content (AvgIpc) is 2.79. The van der Waals surface area contributed by atoms with Gasteiger partial charge in [0.25, 0.3) is 0 Å². The van der Waals surface area contributed by atoms with E-state index in [4.69, 9.17) is 0 Å². The minimum absolute atomic E-state index is 0.00236. The Morgan fingerprint density at radius 2 is 2.12 bits per heavy atom. The summed E-state index contributed by atoms with van der Waals surface area (Å²) >= 11 is 3.07. The average molecular weight is 318 g/mol. The zero-order valence-corrected chi connectivity index (χ0v) is 12.2. The van der Waals surface area contributed by atoms with Crippen LogP contribution in [-0.2, 0) is 10.0 Å². The van der Waals surface area contributed by atoms with Gasteiger partial charge in [0.05, 0.1) is 6.04 Å². The second-order valence-corrected chi connectivity index (χ2v) is 7.57. The third-order valence-corrected chi connectivity index (χ3v) is 6.41. The van der Waals surface area contributed by atoms with Gasteiger partial charge in [-0.1, -0.05) is 40.2 Å². The smallest absolute Gasteiger partial charge is 0.211 e. The van der Waals surface area contributed by atoms with E-state index < -0.39 is 10.0 Å². The van der Waals surface area contributed by atoms with E-state index in [1.807, 2.05) is 31.2 Å². The summed E-state index contributed by atoms with van der Waals surface area (Å²) in [7, 11) is -3.16. The maximum Gasteiger partial charge on any atom is 0.224 e. The summed E-state index contributed by atoms with van der Waals surface area (Å²) < 4.78 is 25.6. The van der Waals surface area contributed by atoms with Gasteiger partial charge in [0, 0.05) is 6.54 Å². The zero-order valence-electron chi connectivity index (χ0n) is 9.77. The Morgan fingerprint density at radius 3 is 2.76 bits per heavy atom. The molecule has 0 N–H and O–H groups in total. The standard InChI is InChI=1S/C12H16BrNO2S/c1-10-5-2-3-6-11(10)12-7-4-8-14(12)17(15,16)9-13/h2-3,5-6,12H,4,7-9H2,1H3. The monoisotopic (exact) mass is 317 g/mol. The lowest BCUT2D eigenvalue weighted by Crippen LogP contribution is -2.31. The summed E-state index contributed by atoms with van der Waals surface area (Å²) in [6.07, 6.45) is 1.85. The zero-order chi connectivity index (χ0) is 12.5. The Bertz CT molecular complexity index is 501. The normalized spacial score (nSPS) is 21.9. The number of rotatable bonds is 3. The van der Waals surface area contributed by atoms with Crippen molar-refractivity contribution in [1.29, 1.82) is 0 Å². The van der Waals surface area contributed by atoms with E-state index in [2.05, 4.69) is 15.9 Å². The SMILES string of the molecule is Cc1ccccc1C1CCCN1S(=O)(=O)CBr. The van der Waals surface area contributed by atoms with Crippen LogP contribution < -0.4 is 0 Å². The Labute approximate surface area is 111 Å². The summed E-state index contributed by atoms with van der Waals surface area (Å²) in [5.41, 5.74) is 2.30. The molecule has 5 heteroatoms. The van der Waals surface area contributed by atoms with Crippen molar-refractivity contribution in [1.82, 2.24) is 4.31 Å². The van der Waals surface area contributed by atoms with Crippen molar-refractivity contribution in [3.63, 3.8) is 0 Å². The van der Waals surface area contributed by atoms with Gasteiger partial charge in [-0.05, 0) is 30.9 Å². The molecule has 1 unspecified atom stereocenters. The van der Waals surface area contributed by atoms with Gasteiger partial charge >= 0.3 is 0 Å². The molecule has 2 rings (SSSR count). The van der Waals surface area contributed by atoms with Crippen LogP contribution in [0.4, 0.5) is 0 Å². The first-order chi connectivity index (χ1) is 8.06. The summed E-state index contributed by atoms with van der Waals surface area (Å²) in [5.74, 6) is 0. The molecule has 0 spiro atoms. The van der Waals surface area contributed by atoms with Crippen LogP contribution in [0.25, 0.3) is 0 Å². The van der Waals surface area contributed by atoms with Gasteiger partial charge in [0.2, 0.25) is 10.0 Å². The molecule has 3 nitrogen and oxygen atoms in total. The van der Waals surface area contributed by atoms with Gasteiger partial charge in [-0.3, -0.25) is 0 Å². The topological polar surface area (TPSA) is 37.4 Å². The molecule has 1 saturated heterocycles. The van der Waals surface area contributed by atoms with Crippen LogP contribution in [0.5, 0.6) is 0 Å². The Kier molecular flexibility index (Phi) is 3.90. The minimum Gasteiger partial charge on any atom is -0.211 e. The molecule has 0 bridgehead atoms. The number of hydrogen-bond acceptors (Lipinski definition) is 2. The number of nitrogens with zero attached hydrogens (tertiary/aromatic N) is 1. The van der Waals surface area contributed by atoms with Crippen LogP contribution in [0.15, 0.2) is 24.3 Å². The first-order valence-corrected chi connectivity index (χ1v) is 8.40. The van der Waals surface area contributed by atoms with Gasteiger partial charge < -0.3 is 0 Å². The van der Waals surface area contributed by atoms with Crippen molar-refractivity contribution in [2.24, 2.45) is 0 Å². The van der Waals surface area contributed by atoms with E-state index in [1.54, 1.807) is 4.31 Å². The van der Waals surface area contributed by atoms with Crippen molar-refractivity contribution in [3.8, 4) is 0 Å². The first kappa shape index (κ1) is 13.1. The van der Waals surface area contributed by atoms with Crippen LogP contribution in [-0.4, -0.2) is 23.9 Å². The summed E-state index contributed by atoms with van der Waals surface area (Å²) in [4.78, 5) is 0. The fourth-order valence-electron chi connectivity index (χ4n) is 2.41. The fourth-order valence-corrected chi connectivity index (χ4v) is 4.34. The third kappa shape index (κ3) is 2.56. The molecule has 0 radical (unpaired) electrons. The number of sulfonamides is 1. The van der Waals surface area contributed by atoms with Gasteiger partial charge in [0.15, 0.2) is 0 Å². The Balaban J connectivity index is 2.36. The maximum atomic E-state index is 12.0. The van der Waals surface area contributed by atoms with Crippen LogP contribution in [0, 0.1) is 6.92 Å². The van der Waals surface area contributed by atoms with Gasteiger partial charge in [-0.15, -0.1) is 0 Å². The lowest BCUT2D eigenvalue weighted by atomic mass is 10.0. The van der Waals surface area contributed by atoms with E-state index in [0.717, 1.165) is 24.0 Å². The van der Waals surface area contributed by atoms with Crippen LogP contribution in [0.3, 0.4) is 0 Å². The third-order valence-electron chi connectivity index (χ3n) is 3.25. The lowest BCUT2D eigenvalue weighted by molar-refractivity contribution is 0.399. The highest BCUT2D eigenvalue weighted by Crippen LogP contribution is 2.35. The van der Waals surface area contributed by atoms with Crippen molar-refractivity contribution in [2.75, 3.05) is 11.2 Å². The molecule has 1 heterocycles. The molecular formula is C12H16BrNO2S. The van der Waals surface area contributed by atoms with E-state index >= 15 is 0 Å². The van der Waals surface area contributed by atoms with Crippen molar-refractivity contribution >= 4 is 26.0 Å². The molecule has 17 heavy (non-hydrogen) atoms. The molecule has 1 aliphatic heterocycles. The highest BCUT2D eigenvalue weighted by Gasteiger charge is 2.34. The molecule has 1 aromatic rings. The molecule has 1 aromatic carbocycles. The number of benzene rings is 1. The molecule has 1 atom stereocenters. The molecule has 94 valence electrons. The highest BCUT2D eigenvalue weighted by molar-refractivity contribution is 9.10. The van der Waals surface area contributed by atoms with E-state index in [0.29, 0.717) is 6.54 Å². The molecular weight excluding hydrogens is 302 g/mol. The number of aryl methyl sites for hydroxylation is 1. The summed E-state index contributed by atoms with van der Waals surface area (Å²) in [6, 6.07) is 8.03. The number of hydrogen-bond donors (Lipinski definition) is 0. The maximum absolute atomic E-state index is 12.0. The molecule has 0 aromatic heterocycles. The predicted molar refractivity (Wildman–Crippen MR) is 72.6 cm³/mol. The van der Waals surface area contributed by atoms with Crippen LogP contribution in [0.1, 0.15) is 30.0 Å². The number of alkyl halides is 1. The Hall–Kier alpha value is -0.390. The molecule has 0 aliphatic carbocycles. The van der Waals surface area contributed by atoms with E-state index in [9.17, 15) is 8.42 Å². The Morgan fingerprint density at radius 1 is 1.41 bits per heavy atom. The minimum atomic E-state index is -3.16. The quantitative estimate of drug-likeness (QED) is 0.804. The summed E-state index contributed by atoms with van der Waals surface area (Å²) in [6.45, 7) is 2.67. The van der Waals surface area contributed by atoms with Gasteiger partial charge in [0.1, 0.15) is 4.66 Å². The van der Waals surface area contributed by atoms with Crippen LogP contribution >= 0.6 is 15.9 Å². The predicted octanol–water partition coefficient (Wildman–Crippen LogP) is 2.81. The molecule has 0 amide bonds. The lowest BCUT2D eigenvalue weighted by Gasteiger charge is -2.24.